The maximum atomic E-state index is 13.9. The third-order valence-corrected chi connectivity index (χ3v) is 19.4. The number of hydrogen-bond acceptors (Lipinski definition) is 8. The molecule has 0 saturated heterocycles. The molecule has 11 heteroatoms. The molecule has 0 spiro atoms. The molecule has 0 aromatic rings. The van der Waals surface area contributed by atoms with Gasteiger partial charge in [-0.2, -0.15) is 0 Å². The number of rotatable bonds is 20. The van der Waals surface area contributed by atoms with Gasteiger partial charge in [0.2, 0.25) is 0 Å². The van der Waals surface area contributed by atoms with Crippen LogP contribution in [0.3, 0.4) is 0 Å². The van der Waals surface area contributed by atoms with E-state index in [1.54, 1.807) is 6.08 Å². The highest BCUT2D eigenvalue weighted by Gasteiger charge is 2.45. The fourth-order valence-corrected chi connectivity index (χ4v) is 8.04. The number of carbonyl (C=O) groups excluding carboxylic acids is 3. The van der Waals surface area contributed by atoms with E-state index >= 15 is 0 Å². The average Bonchev–Trinajstić information content (AvgIpc) is 2.96. The fourth-order valence-electron chi connectivity index (χ4n) is 5.11. The first-order valence-corrected chi connectivity index (χ1v) is 23.2. The smallest absolute Gasteiger partial charge is 0.404 e. The molecule has 9 nitrogen and oxygen atoms in total. The molecule has 0 aromatic heterocycles. The number of nitrogens with one attached hydrogen (secondary N) is 1. The summed E-state index contributed by atoms with van der Waals surface area (Å²) in [6.45, 7) is 36.2. The highest BCUT2D eigenvalue weighted by molar-refractivity contribution is 6.74. The van der Waals surface area contributed by atoms with E-state index in [0.717, 1.165) is 0 Å². The number of primary amides is 1. The molecule has 0 saturated carbocycles. The van der Waals surface area contributed by atoms with E-state index in [1.807, 2.05) is 45.9 Å². The van der Waals surface area contributed by atoms with Crippen molar-refractivity contribution in [2.24, 2.45) is 35.3 Å². The standard InChI is InChI=1S/C37H70N2O7Si2/c1-18-19-20-25(2)33(44-35(38)42)29(6)34(46-48(16,17)37(10,11)12)28(5)30(40)24-39-23-27(4)32(26(3)21-22-31(41)43-13)45-47(14,15)36(7,8)9/h18-22,25-29,32-34,39H,1,23-24H2,2-17H3,(H2,38,42)/t25-,26-,27-,28-,29+,32-,33-,34+/m0/s1. The van der Waals surface area contributed by atoms with Crippen molar-refractivity contribution in [3.8, 4) is 0 Å². The normalized spacial score (nSPS) is 18.4. The number of allylic oxidation sites excluding steroid dienone is 2. The van der Waals surface area contributed by atoms with Gasteiger partial charge in [0.05, 0.1) is 25.9 Å². The van der Waals surface area contributed by atoms with Gasteiger partial charge in [-0.25, -0.2) is 9.59 Å². The summed E-state index contributed by atoms with van der Waals surface area (Å²) in [5.41, 5.74) is 5.52. The van der Waals surface area contributed by atoms with Crippen LogP contribution in [0.2, 0.25) is 36.3 Å². The number of amides is 1. The lowest BCUT2D eigenvalue weighted by molar-refractivity contribution is -0.135. The molecular weight excluding hydrogens is 641 g/mol. The van der Waals surface area contributed by atoms with E-state index in [9.17, 15) is 14.4 Å². The van der Waals surface area contributed by atoms with Gasteiger partial charge in [-0.1, -0.05) is 107 Å². The van der Waals surface area contributed by atoms with Crippen LogP contribution in [0.5, 0.6) is 0 Å². The lowest BCUT2D eigenvalue weighted by atomic mass is 9.82. The Morgan fingerprint density at radius 3 is 1.73 bits per heavy atom. The highest BCUT2D eigenvalue weighted by atomic mass is 28.4. The second-order valence-electron chi connectivity index (χ2n) is 16.5. The Morgan fingerprint density at radius 2 is 1.29 bits per heavy atom. The van der Waals surface area contributed by atoms with Crippen LogP contribution in [-0.4, -0.2) is 73.0 Å². The van der Waals surface area contributed by atoms with Gasteiger partial charge < -0.3 is 29.4 Å². The quantitative estimate of drug-likeness (QED) is 0.0563. The van der Waals surface area contributed by atoms with Gasteiger partial charge in [0.25, 0.3) is 0 Å². The summed E-state index contributed by atoms with van der Waals surface area (Å²) < 4.78 is 24.3. The number of carbonyl (C=O) groups is 3. The number of ether oxygens (including phenoxy) is 2. The summed E-state index contributed by atoms with van der Waals surface area (Å²) in [6, 6.07) is 0. The van der Waals surface area contributed by atoms with E-state index in [2.05, 4.69) is 86.5 Å². The van der Waals surface area contributed by atoms with Crippen LogP contribution < -0.4 is 11.1 Å². The molecule has 8 atom stereocenters. The van der Waals surface area contributed by atoms with E-state index in [1.165, 1.54) is 13.2 Å². The van der Waals surface area contributed by atoms with E-state index in [-0.39, 0.29) is 52.2 Å². The predicted octanol–water partition coefficient (Wildman–Crippen LogP) is 8.04. The number of Topliss-reactive ketones (excluding diaryl/α,β-unsaturated/α-hetero) is 1. The van der Waals surface area contributed by atoms with Crippen molar-refractivity contribution < 1.29 is 32.7 Å². The van der Waals surface area contributed by atoms with Crippen molar-refractivity contribution in [2.45, 2.75) is 131 Å². The molecule has 0 rings (SSSR count). The maximum Gasteiger partial charge on any atom is 0.404 e. The zero-order chi connectivity index (χ0) is 37.8. The van der Waals surface area contributed by atoms with Crippen LogP contribution in [-0.2, 0) is 27.9 Å². The zero-order valence-corrected chi connectivity index (χ0v) is 35.1. The Hall–Kier alpha value is -2.06. The third kappa shape index (κ3) is 14.4. The van der Waals surface area contributed by atoms with Crippen molar-refractivity contribution >= 4 is 34.5 Å². The van der Waals surface area contributed by atoms with Gasteiger partial charge in [-0.3, -0.25) is 4.79 Å². The summed E-state index contributed by atoms with van der Waals surface area (Å²) in [5, 5.41) is 3.30. The first kappa shape index (κ1) is 45.9. The van der Waals surface area contributed by atoms with Crippen LogP contribution in [0.4, 0.5) is 4.79 Å². The van der Waals surface area contributed by atoms with E-state index < -0.39 is 46.8 Å². The molecule has 0 aromatic carbocycles. The van der Waals surface area contributed by atoms with Crippen LogP contribution in [0.25, 0.3) is 0 Å². The minimum Gasteiger partial charge on any atom is -0.466 e. The first-order chi connectivity index (χ1) is 21.7. The molecule has 1 amide bonds. The van der Waals surface area contributed by atoms with Crippen molar-refractivity contribution in [2.75, 3.05) is 20.2 Å². The van der Waals surface area contributed by atoms with Gasteiger partial charge >= 0.3 is 12.1 Å². The van der Waals surface area contributed by atoms with Gasteiger partial charge in [-0.15, -0.1) is 0 Å². The van der Waals surface area contributed by atoms with Gasteiger partial charge in [0.15, 0.2) is 22.4 Å². The maximum absolute atomic E-state index is 13.9. The Balaban J connectivity index is 6.25. The second-order valence-corrected chi connectivity index (χ2v) is 26.0. The molecule has 0 fully saturated rings. The van der Waals surface area contributed by atoms with Gasteiger partial charge in [-0.05, 0) is 48.1 Å². The van der Waals surface area contributed by atoms with Crippen molar-refractivity contribution in [3.05, 3.63) is 37.0 Å². The molecule has 48 heavy (non-hydrogen) atoms. The second kappa shape index (κ2) is 19.4. The van der Waals surface area contributed by atoms with Crippen molar-refractivity contribution in [1.82, 2.24) is 5.32 Å². The van der Waals surface area contributed by atoms with Crippen molar-refractivity contribution in [3.63, 3.8) is 0 Å². The van der Waals surface area contributed by atoms with Gasteiger partial charge in [0.1, 0.15) is 6.10 Å². The number of hydrogen-bond donors (Lipinski definition) is 2. The number of ketones is 1. The SMILES string of the molecule is C=CC=C[C@H](C)[C@H](OC(N)=O)[C@@H](C)[C@H](O[Si](C)(C)C(C)(C)C)[C@@H](C)C(=O)CNC[C@H](C)[C@@H](O[Si](C)(C)C(C)(C)C)[C@@H](C)C=CC(=O)OC. The van der Waals surface area contributed by atoms with Crippen LogP contribution >= 0.6 is 0 Å². The molecule has 0 heterocycles. The minimum atomic E-state index is -2.35. The summed E-state index contributed by atoms with van der Waals surface area (Å²) in [4.78, 5) is 37.8. The van der Waals surface area contributed by atoms with E-state index in [0.29, 0.717) is 6.54 Å². The van der Waals surface area contributed by atoms with E-state index in [4.69, 9.17) is 24.1 Å². The number of nitrogens with two attached hydrogens (primary N) is 1. The summed E-state index contributed by atoms with van der Waals surface area (Å²) >= 11 is 0. The molecule has 0 unspecified atom stereocenters. The Morgan fingerprint density at radius 1 is 0.812 bits per heavy atom. The number of esters is 1. The molecule has 278 valence electrons. The highest BCUT2D eigenvalue weighted by Crippen LogP contribution is 2.41. The third-order valence-electron chi connectivity index (χ3n) is 10.4. The molecule has 0 aliphatic carbocycles. The summed E-state index contributed by atoms with van der Waals surface area (Å²) in [5.74, 6) is -1.45. The van der Waals surface area contributed by atoms with Crippen LogP contribution in [0, 0.1) is 29.6 Å². The first-order valence-electron chi connectivity index (χ1n) is 17.3. The topological polar surface area (TPSA) is 126 Å². The lowest BCUT2D eigenvalue weighted by Crippen LogP contribution is -2.52. The molecule has 0 radical (unpaired) electrons. The molecule has 0 bridgehead atoms. The average molecular weight is 711 g/mol. The zero-order valence-electron chi connectivity index (χ0n) is 33.1. The Bertz CT molecular complexity index is 1110. The predicted molar refractivity (Wildman–Crippen MR) is 203 cm³/mol. The fraction of sp³-hybridized carbons (Fsp3) is 0.757. The van der Waals surface area contributed by atoms with Crippen LogP contribution in [0.1, 0.15) is 76.2 Å². The Labute approximate surface area is 295 Å². The molecular formula is C37H70N2O7Si2. The number of methoxy groups -OCH3 is 1. The molecule has 3 N–H and O–H groups in total. The molecule has 0 aliphatic heterocycles. The van der Waals surface area contributed by atoms with Gasteiger partial charge in [0, 0.05) is 30.4 Å². The van der Waals surface area contributed by atoms with Crippen molar-refractivity contribution in [1.29, 1.82) is 0 Å². The monoisotopic (exact) mass is 710 g/mol. The Kier molecular flexibility index (Phi) is 18.5. The molecule has 0 aliphatic rings. The summed E-state index contributed by atoms with van der Waals surface area (Å²) in [6.07, 6.45) is 6.52. The van der Waals surface area contributed by atoms with Crippen LogP contribution in [0.15, 0.2) is 37.0 Å². The summed E-state index contributed by atoms with van der Waals surface area (Å²) in [7, 11) is -3.15. The largest absolute Gasteiger partial charge is 0.466 e. The minimum absolute atomic E-state index is 0.000487. The lowest BCUT2D eigenvalue weighted by Gasteiger charge is -2.44.